The zero-order valence-electron chi connectivity index (χ0n) is 11.2. The standard InChI is InChI=1S/C14H20N2O2/c1-10-4-5-12(8-13(10)18-3)14(17)16-7-6-15-9-11(16)2/h4-5,8,11,15H,6-7,9H2,1-3H3. The number of rotatable bonds is 2. The lowest BCUT2D eigenvalue weighted by atomic mass is 10.1. The number of piperazine rings is 1. The maximum Gasteiger partial charge on any atom is 0.254 e. The second-order valence-corrected chi connectivity index (χ2v) is 4.74. The first kappa shape index (κ1) is 12.9. The summed E-state index contributed by atoms with van der Waals surface area (Å²) < 4.78 is 5.27. The Morgan fingerprint density at radius 2 is 2.28 bits per heavy atom. The Morgan fingerprint density at radius 3 is 2.94 bits per heavy atom. The van der Waals surface area contributed by atoms with Crippen molar-refractivity contribution in [1.82, 2.24) is 10.2 Å². The van der Waals surface area contributed by atoms with Crippen LogP contribution in [0.25, 0.3) is 0 Å². The van der Waals surface area contributed by atoms with Gasteiger partial charge in [0, 0.05) is 31.2 Å². The van der Waals surface area contributed by atoms with E-state index in [1.165, 1.54) is 0 Å². The van der Waals surface area contributed by atoms with Crippen LogP contribution >= 0.6 is 0 Å². The van der Waals surface area contributed by atoms with Gasteiger partial charge in [0.15, 0.2) is 0 Å². The summed E-state index contributed by atoms with van der Waals surface area (Å²) in [7, 11) is 1.63. The Kier molecular flexibility index (Phi) is 3.87. The molecule has 1 aliphatic rings. The van der Waals surface area contributed by atoms with Gasteiger partial charge in [0.25, 0.3) is 5.91 Å². The monoisotopic (exact) mass is 248 g/mol. The lowest BCUT2D eigenvalue weighted by Crippen LogP contribution is -2.52. The average molecular weight is 248 g/mol. The van der Waals surface area contributed by atoms with Crippen molar-refractivity contribution in [3.63, 3.8) is 0 Å². The lowest BCUT2D eigenvalue weighted by Gasteiger charge is -2.34. The molecule has 1 saturated heterocycles. The number of carbonyl (C=O) groups excluding carboxylic acids is 1. The minimum absolute atomic E-state index is 0.0855. The van der Waals surface area contributed by atoms with E-state index in [1.54, 1.807) is 7.11 Å². The van der Waals surface area contributed by atoms with Crippen molar-refractivity contribution in [1.29, 1.82) is 0 Å². The van der Waals surface area contributed by atoms with Crippen molar-refractivity contribution in [3.05, 3.63) is 29.3 Å². The molecule has 2 rings (SSSR count). The average Bonchev–Trinajstić information content (AvgIpc) is 2.39. The van der Waals surface area contributed by atoms with Gasteiger partial charge < -0.3 is 15.0 Å². The smallest absolute Gasteiger partial charge is 0.254 e. The molecule has 1 N–H and O–H groups in total. The van der Waals surface area contributed by atoms with Gasteiger partial charge in [-0.2, -0.15) is 0 Å². The number of carbonyl (C=O) groups is 1. The van der Waals surface area contributed by atoms with E-state index in [2.05, 4.69) is 12.2 Å². The number of hydrogen-bond acceptors (Lipinski definition) is 3. The topological polar surface area (TPSA) is 41.6 Å². The molecule has 0 radical (unpaired) electrons. The zero-order valence-corrected chi connectivity index (χ0v) is 11.2. The number of aryl methyl sites for hydroxylation is 1. The van der Waals surface area contributed by atoms with Crippen LogP contribution in [0, 0.1) is 6.92 Å². The minimum Gasteiger partial charge on any atom is -0.496 e. The first-order valence-electron chi connectivity index (χ1n) is 6.30. The van der Waals surface area contributed by atoms with Crippen molar-refractivity contribution in [2.24, 2.45) is 0 Å². The van der Waals surface area contributed by atoms with Crippen molar-refractivity contribution in [3.8, 4) is 5.75 Å². The molecule has 1 aromatic carbocycles. The van der Waals surface area contributed by atoms with E-state index >= 15 is 0 Å². The van der Waals surface area contributed by atoms with Gasteiger partial charge in [-0.1, -0.05) is 6.07 Å². The fraction of sp³-hybridized carbons (Fsp3) is 0.500. The summed E-state index contributed by atoms with van der Waals surface area (Å²) in [5.41, 5.74) is 1.74. The van der Waals surface area contributed by atoms with E-state index in [9.17, 15) is 4.79 Å². The van der Waals surface area contributed by atoms with Gasteiger partial charge in [-0.25, -0.2) is 0 Å². The Bertz CT molecular complexity index is 445. The second kappa shape index (κ2) is 5.40. The summed E-state index contributed by atoms with van der Waals surface area (Å²) in [6, 6.07) is 5.86. The van der Waals surface area contributed by atoms with Crippen LogP contribution in [0.4, 0.5) is 0 Å². The van der Waals surface area contributed by atoms with Crippen molar-refractivity contribution in [2.75, 3.05) is 26.7 Å². The largest absolute Gasteiger partial charge is 0.496 e. The van der Waals surface area contributed by atoms with Gasteiger partial charge in [0.05, 0.1) is 7.11 Å². The molecular weight excluding hydrogens is 228 g/mol. The molecule has 1 unspecified atom stereocenters. The number of nitrogens with zero attached hydrogens (tertiary/aromatic N) is 1. The van der Waals surface area contributed by atoms with Crippen molar-refractivity contribution < 1.29 is 9.53 Å². The summed E-state index contributed by atoms with van der Waals surface area (Å²) in [6.07, 6.45) is 0. The van der Waals surface area contributed by atoms with Crippen LogP contribution in [-0.4, -0.2) is 43.6 Å². The molecule has 1 aliphatic heterocycles. The molecule has 1 heterocycles. The van der Waals surface area contributed by atoms with Gasteiger partial charge in [-0.15, -0.1) is 0 Å². The summed E-state index contributed by atoms with van der Waals surface area (Å²) in [5.74, 6) is 0.853. The molecule has 98 valence electrons. The first-order valence-corrected chi connectivity index (χ1v) is 6.30. The lowest BCUT2D eigenvalue weighted by molar-refractivity contribution is 0.0655. The molecule has 1 atom stereocenters. The molecule has 0 aliphatic carbocycles. The third-order valence-electron chi connectivity index (χ3n) is 3.42. The van der Waals surface area contributed by atoms with E-state index in [0.29, 0.717) is 5.56 Å². The highest BCUT2D eigenvalue weighted by molar-refractivity contribution is 5.95. The first-order chi connectivity index (χ1) is 8.63. The van der Waals surface area contributed by atoms with Gasteiger partial charge in [-0.3, -0.25) is 4.79 Å². The molecule has 0 spiro atoms. The predicted octanol–water partition coefficient (Wildman–Crippen LogP) is 1.44. The fourth-order valence-corrected chi connectivity index (χ4v) is 2.26. The van der Waals surface area contributed by atoms with Crippen LogP contribution in [0.15, 0.2) is 18.2 Å². The fourth-order valence-electron chi connectivity index (χ4n) is 2.26. The quantitative estimate of drug-likeness (QED) is 0.861. The molecule has 18 heavy (non-hydrogen) atoms. The SMILES string of the molecule is COc1cc(C(=O)N2CCNCC2C)ccc1C. The summed E-state index contributed by atoms with van der Waals surface area (Å²) in [4.78, 5) is 14.3. The maximum absolute atomic E-state index is 12.4. The molecule has 0 saturated carbocycles. The number of benzene rings is 1. The van der Waals surface area contributed by atoms with Crippen LogP contribution < -0.4 is 10.1 Å². The molecular formula is C14H20N2O2. The summed E-state index contributed by atoms with van der Waals surface area (Å²) in [5, 5.41) is 3.28. The van der Waals surface area contributed by atoms with Gasteiger partial charge in [0.1, 0.15) is 5.75 Å². The number of ether oxygens (including phenoxy) is 1. The van der Waals surface area contributed by atoms with E-state index in [0.717, 1.165) is 30.9 Å². The van der Waals surface area contributed by atoms with Crippen LogP contribution in [0.1, 0.15) is 22.8 Å². The van der Waals surface area contributed by atoms with E-state index in [-0.39, 0.29) is 11.9 Å². The third-order valence-corrected chi connectivity index (χ3v) is 3.42. The van der Waals surface area contributed by atoms with Gasteiger partial charge >= 0.3 is 0 Å². The number of nitrogens with one attached hydrogen (secondary N) is 1. The van der Waals surface area contributed by atoms with Gasteiger partial charge in [0.2, 0.25) is 0 Å². The predicted molar refractivity (Wildman–Crippen MR) is 71.1 cm³/mol. The maximum atomic E-state index is 12.4. The van der Waals surface area contributed by atoms with Gasteiger partial charge in [-0.05, 0) is 31.5 Å². The van der Waals surface area contributed by atoms with Crippen molar-refractivity contribution >= 4 is 5.91 Å². The van der Waals surface area contributed by atoms with Crippen molar-refractivity contribution in [2.45, 2.75) is 19.9 Å². The van der Waals surface area contributed by atoms with E-state index in [4.69, 9.17) is 4.74 Å². The Balaban J connectivity index is 2.22. The molecule has 1 amide bonds. The second-order valence-electron chi connectivity index (χ2n) is 4.74. The number of methoxy groups -OCH3 is 1. The van der Waals surface area contributed by atoms with Crippen LogP contribution in [0.2, 0.25) is 0 Å². The highest BCUT2D eigenvalue weighted by Crippen LogP contribution is 2.20. The molecule has 0 bridgehead atoms. The number of amides is 1. The molecule has 4 nitrogen and oxygen atoms in total. The van der Waals surface area contributed by atoms with E-state index in [1.807, 2.05) is 30.0 Å². The highest BCUT2D eigenvalue weighted by atomic mass is 16.5. The van der Waals surface area contributed by atoms with E-state index < -0.39 is 0 Å². The molecule has 1 fully saturated rings. The normalized spacial score (nSPS) is 19.7. The molecule has 1 aromatic rings. The Hall–Kier alpha value is -1.55. The van der Waals surface area contributed by atoms with Crippen LogP contribution in [0.5, 0.6) is 5.75 Å². The van der Waals surface area contributed by atoms with Crippen LogP contribution in [-0.2, 0) is 0 Å². The molecule has 4 heteroatoms. The molecule has 0 aromatic heterocycles. The highest BCUT2D eigenvalue weighted by Gasteiger charge is 2.24. The Labute approximate surface area is 108 Å². The summed E-state index contributed by atoms with van der Waals surface area (Å²) >= 11 is 0. The van der Waals surface area contributed by atoms with Crippen LogP contribution in [0.3, 0.4) is 0 Å². The number of hydrogen-bond donors (Lipinski definition) is 1. The third kappa shape index (κ3) is 2.48. The minimum atomic E-state index is 0.0855. The Morgan fingerprint density at radius 1 is 1.50 bits per heavy atom. The zero-order chi connectivity index (χ0) is 13.1. The summed E-state index contributed by atoms with van der Waals surface area (Å²) in [6.45, 7) is 6.51.